The lowest BCUT2D eigenvalue weighted by Crippen LogP contribution is -2.27. The number of halogens is 1. The maximum Gasteiger partial charge on any atom is 0.271 e. The van der Waals surface area contributed by atoms with Gasteiger partial charge in [0.05, 0.1) is 23.4 Å². The standard InChI is InChI=1S/C19H20ClN3O3/c1-11(2)10-23-18(24)14(8-21)12(3)15(19(23)25)9-22-13-5-6-17(26-4)16(20)7-13/h5-7,9,11,25H,10H2,1-4H3. The number of benzene rings is 1. The Labute approximate surface area is 156 Å². The van der Waals surface area contributed by atoms with Crippen molar-refractivity contribution in [2.75, 3.05) is 7.11 Å². The van der Waals surface area contributed by atoms with Gasteiger partial charge in [0.1, 0.15) is 17.4 Å². The van der Waals surface area contributed by atoms with E-state index in [0.29, 0.717) is 34.1 Å². The maximum absolute atomic E-state index is 12.4. The summed E-state index contributed by atoms with van der Waals surface area (Å²) in [6.45, 7) is 5.76. The fourth-order valence-electron chi connectivity index (χ4n) is 2.53. The van der Waals surface area contributed by atoms with E-state index in [4.69, 9.17) is 16.3 Å². The Morgan fingerprint density at radius 2 is 2.15 bits per heavy atom. The number of aromatic nitrogens is 1. The lowest BCUT2D eigenvalue weighted by Gasteiger charge is -2.15. The van der Waals surface area contributed by atoms with Gasteiger partial charge < -0.3 is 9.84 Å². The molecule has 136 valence electrons. The Hall–Kier alpha value is -2.78. The van der Waals surface area contributed by atoms with E-state index in [1.807, 2.05) is 19.9 Å². The third kappa shape index (κ3) is 3.89. The quantitative estimate of drug-likeness (QED) is 0.807. The zero-order valence-corrected chi connectivity index (χ0v) is 15.8. The van der Waals surface area contributed by atoms with Crippen molar-refractivity contribution < 1.29 is 9.84 Å². The highest BCUT2D eigenvalue weighted by Crippen LogP contribution is 2.29. The molecule has 0 fully saturated rings. The Balaban J connectivity index is 2.57. The van der Waals surface area contributed by atoms with Gasteiger partial charge in [-0.05, 0) is 36.6 Å². The molecule has 1 heterocycles. The summed E-state index contributed by atoms with van der Waals surface area (Å²) in [4.78, 5) is 16.7. The molecule has 26 heavy (non-hydrogen) atoms. The highest BCUT2D eigenvalue weighted by molar-refractivity contribution is 6.32. The molecule has 0 aliphatic heterocycles. The monoisotopic (exact) mass is 373 g/mol. The van der Waals surface area contributed by atoms with Crippen LogP contribution in [-0.4, -0.2) is 23.0 Å². The van der Waals surface area contributed by atoms with E-state index in [2.05, 4.69) is 4.99 Å². The molecule has 0 aliphatic rings. The number of hydrogen-bond acceptors (Lipinski definition) is 5. The van der Waals surface area contributed by atoms with Crippen molar-refractivity contribution in [2.45, 2.75) is 27.3 Å². The molecule has 2 aromatic rings. The molecule has 0 saturated heterocycles. The fourth-order valence-corrected chi connectivity index (χ4v) is 2.79. The number of hydrogen-bond donors (Lipinski definition) is 1. The van der Waals surface area contributed by atoms with E-state index in [9.17, 15) is 15.2 Å². The van der Waals surface area contributed by atoms with Gasteiger partial charge in [0, 0.05) is 12.8 Å². The van der Waals surface area contributed by atoms with Crippen molar-refractivity contribution in [1.82, 2.24) is 4.57 Å². The molecule has 0 bridgehead atoms. The van der Waals surface area contributed by atoms with Gasteiger partial charge in [0.25, 0.3) is 5.56 Å². The van der Waals surface area contributed by atoms with Gasteiger partial charge >= 0.3 is 0 Å². The van der Waals surface area contributed by atoms with Crippen LogP contribution in [0.4, 0.5) is 5.69 Å². The summed E-state index contributed by atoms with van der Waals surface area (Å²) < 4.78 is 6.31. The molecular weight excluding hydrogens is 354 g/mol. The van der Waals surface area contributed by atoms with E-state index in [1.165, 1.54) is 17.9 Å². The molecule has 7 heteroatoms. The molecule has 0 aliphatic carbocycles. The number of nitrogens with zero attached hydrogens (tertiary/aromatic N) is 3. The third-order valence-corrected chi connectivity index (χ3v) is 4.17. The van der Waals surface area contributed by atoms with Crippen molar-refractivity contribution in [2.24, 2.45) is 10.9 Å². The van der Waals surface area contributed by atoms with Gasteiger partial charge in [0.15, 0.2) is 0 Å². The van der Waals surface area contributed by atoms with Crippen molar-refractivity contribution in [1.29, 1.82) is 5.26 Å². The first-order valence-corrected chi connectivity index (χ1v) is 8.42. The van der Waals surface area contributed by atoms with Crippen molar-refractivity contribution in [3.8, 4) is 17.7 Å². The number of aliphatic imine (C=N–C) groups is 1. The molecule has 0 amide bonds. The van der Waals surface area contributed by atoms with Crippen LogP contribution in [0, 0.1) is 24.2 Å². The minimum atomic E-state index is -0.499. The third-order valence-electron chi connectivity index (χ3n) is 3.87. The Morgan fingerprint density at radius 1 is 1.46 bits per heavy atom. The van der Waals surface area contributed by atoms with E-state index >= 15 is 0 Å². The molecule has 0 spiro atoms. The molecule has 0 radical (unpaired) electrons. The second kappa shape index (κ2) is 8.07. The first-order valence-electron chi connectivity index (χ1n) is 8.04. The van der Waals surface area contributed by atoms with Crippen LogP contribution in [0.25, 0.3) is 0 Å². The van der Waals surface area contributed by atoms with Crippen LogP contribution in [0.1, 0.15) is 30.5 Å². The predicted octanol–water partition coefficient (Wildman–Crippen LogP) is 3.80. The van der Waals surface area contributed by atoms with Gasteiger partial charge in [-0.15, -0.1) is 0 Å². The van der Waals surface area contributed by atoms with Crippen LogP contribution in [0.3, 0.4) is 0 Å². The molecule has 0 unspecified atom stereocenters. The summed E-state index contributed by atoms with van der Waals surface area (Å²) in [7, 11) is 1.52. The first-order chi connectivity index (χ1) is 12.3. The zero-order valence-electron chi connectivity index (χ0n) is 15.1. The number of pyridine rings is 1. The van der Waals surface area contributed by atoms with Gasteiger partial charge in [-0.3, -0.25) is 14.4 Å². The van der Waals surface area contributed by atoms with Crippen LogP contribution in [0.5, 0.6) is 11.6 Å². The highest BCUT2D eigenvalue weighted by Gasteiger charge is 2.18. The van der Waals surface area contributed by atoms with Crippen molar-refractivity contribution in [3.05, 3.63) is 50.3 Å². The molecule has 2 rings (SSSR count). The lowest BCUT2D eigenvalue weighted by atomic mass is 10.1. The van der Waals surface area contributed by atoms with E-state index in [1.54, 1.807) is 25.1 Å². The second-order valence-electron chi connectivity index (χ2n) is 6.24. The van der Waals surface area contributed by atoms with Gasteiger partial charge in [-0.2, -0.15) is 5.26 Å². The fraction of sp³-hybridized carbons (Fsp3) is 0.316. The van der Waals surface area contributed by atoms with Gasteiger partial charge in [0.2, 0.25) is 5.88 Å². The summed E-state index contributed by atoms with van der Waals surface area (Å²) in [5.74, 6) is 0.448. The predicted molar refractivity (Wildman–Crippen MR) is 102 cm³/mol. The smallest absolute Gasteiger partial charge is 0.271 e. The average molecular weight is 374 g/mol. The number of methoxy groups -OCH3 is 1. The number of aromatic hydroxyl groups is 1. The normalized spacial score (nSPS) is 11.1. The summed E-state index contributed by atoms with van der Waals surface area (Å²) >= 11 is 6.09. The molecule has 1 aromatic heterocycles. The minimum Gasteiger partial charge on any atom is -0.495 e. The van der Waals surface area contributed by atoms with Crippen LogP contribution in [0.15, 0.2) is 28.0 Å². The largest absolute Gasteiger partial charge is 0.495 e. The van der Waals surface area contributed by atoms with Gasteiger partial charge in [-0.1, -0.05) is 25.4 Å². The summed E-state index contributed by atoms with van der Waals surface area (Å²) in [6, 6.07) is 6.94. The maximum atomic E-state index is 12.4. The first kappa shape index (κ1) is 19.5. The molecule has 1 aromatic carbocycles. The zero-order chi connectivity index (χ0) is 19.4. The Bertz CT molecular complexity index is 956. The average Bonchev–Trinajstić information content (AvgIpc) is 2.59. The number of nitriles is 1. The summed E-state index contributed by atoms with van der Waals surface area (Å²) in [6.07, 6.45) is 1.43. The molecule has 1 N–H and O–H groups in total. The molecular formula is C19H20ClN3O3. The molecule has 0 atom stereocenters. The number of rotatable bonds is 5. The van der Waals surface area contributed by atoms with E-state index in [0.717, 1.165) is 0 Å². The SMILES string of the molecule is COc1ccc(N=Cc2c(C)c(C#N)c(=O)n(CC(C)C)c2O)cc1Cl. The van der Waals surface area contributed by atoms with E-state index in [-0.39, 0.29) is 17.4 Å². The minimum absolute atomic E-state index is 0.00216. The van der Waals surface area contributed by atoms with Crippen LogP contribution in [0.2, 0.25) is 5.02 Å². The van der Waals surface area contributed by atoms with E-state index < -0.39 is 5.56 Å². The van der Waals surface area contributed by atoms with Crippen LogP contribution in [-0.2, 0) is 6.54 Å². The van der Waals surface area contributed by atoms with Crippen molar-refractivity contribution >= 4 is 23.5 Å². The molecule has 0 saturated carbocycles. The van der Waals surface area contributed by atoms with Crippen LogP contribution < -0.4 is 10.3 Å². The van der Waals surface area contributed by atoms with Gasteiger partial charge in [-0.25, -0.2) is 0 Å². The summed E-state index contributed by atoms with van der Waals surface area (Å²) in [5.41, 5.74) is 0.764. The Kier molecular flexibility index (Phi) is 6.06. The topological polar surface area (TPSA) is 87.6 Å². The second-order valence-corrected chi connectivity index (χ2v) is 6.64. The summed E-state index contributed by atoms with van der Waals surface area (Å²) in [5, 5.41) is 20.3. The Morgan fingerprint density at radius 3 is 2.69 bits per heavy atom. The van der Waals surface area contributed by atoms with Crippen molar-refractivity contribution in [3.63, 3.8) is 0 Å². The molecule has 6 nitrogen and oxygen atoms in total. The highest BCUT2D eigenvalue weighted by atomic mass is 35.5. The van der Waals surface area contributed by atoms with Crippen LogP contribution >= 0.6 is 11.6 Å². The number of ether oxygens (including phenoxy) is 1. The lowest BCUT2D eigenvalue weighted by molar-refractivity contribution is 0.381.